The number of carbonyl (C=O) groups is 1. The molecule has 1 fully saturated rings. The minimum Gasteiger partial charge on any atom is -0.481 e. The zero-order valence-electron chi connectivity index (χ0n) is 22.4. The van der Waals surface area contributed by atoms with Crippen molar-refractivity contribution in [2.45, 2.75) is 36.4 Å². The fourth-order valence-electron chi connectivity index (χ4n) is 5.32. The van der Waals surface area contributed by atoms with E-state index in [9.17, 15) is 26.4 Å². The summed E-state index contributed by atoms with van der Waals surface area (Å²) >= 11 is 7.78. The summed E-state index contributed by atoms with van der Waals surface area (Å²) in [6.45, 7) is -2.79. The van der Waals surface area contributed by atoms with Crippen LogP contribution in [0.15, 0.2) is 81.9 Å². The largest absolute Gasteiger partial charge is 0.481 e. The van der Waals surface area contributed by atoms with Gasteiger partial charge >= 0.3 is 12.5 Å². The highest BCUT2D eigenvalue weighted by Crippen LogP contribution is 2.46. The number of alkyl halides is 2. The fraction of sp³-hybridized carbons (Fsp3) is 0.214. The van der Waals surface area contributed by atoms with Crippen molar-refractivity contribution in [3.8, 4) is 0 Å². The first-order valence-electron chi connectivity index (χ1n) is 13.1. The van der Waals surface area contributed by atoms with Gasteiger partial charge in [-0.1, -0.05) is 29.8 Å². The number of hydrogen-bond acceptors (Lipinski definition) is 8. The van der Waals surface area contributed by atoms with E-state index in [0.29, 0.717) is 37.9 Å². The number of aromatic nitrogens is 3. The SMILES string of the molecule is O=C(O)Cc1cccc(S(=O)(=O)N[C@H]2CC3=C(c4ccn(C(F)F)n4)[C@H](c4ccc(F)cc4Cl)N=C(c4nccs4)N3C2)c1. The second-order valence-corrected chi connectivity index (χ2v) is 13.0. The van der Waals surface area contributed by atoms with Crippen LogP contribution >= 0.6 is 22.9 Å². The normalized spacial score (nSPS) is 18.6. The number of rotatable bonds is 9. The predicted molar refractivity (Wildman–Crippen MR) is 156 cm³/mol. The van der Waals surface area contributed by atoms with Gasteiger partial charge in [-0.15, -0.1) is 11.3 Å². The Bertz CT molecular complexity index is 1910. The van der Waals surface area contributed by atoms with E-state index in [4.69, 9.17) is 21.7 Å². The molecule has 0 unspecified atom stereocenters. The van der Waals surface area contributed by atoms with E-state index in [2.05, 4.69) is 14.8 Å². The van der Waals surface area contributed by atoms with Crippen LogP contribution in [0.4, 0.5) is 13.2 Å². The Morgan fingerprint density at radius 1 is 1.20 bits per heavy atom. The standard InChI is InChI=1S/C28H22ClF3N6O4S2/c29-20-12-16(30)4-5-19(20)25-24(21-6-8-38(35-21)28(31)32)22-13-17(14-37(22)26(34-25)27-33-7-9-43-27)36-44(41,42)18-3-1-2-15(10-18)11-23(39)40/h1-10,12,17,25,28,36H,11,13-14H2,(H,39,40)/t17-,25-/m0/s1. The van der Waals surface area contributed by atoms with Gasteiger partial charge in [0.2, 0.25) is 10.0 Å². The Hall–Kier alpha value is -4.05. The van der Waals surface area contributed by atoms with Gasteiger partial charge in [0.25, 0.3) is 0 Å². The molecular formula is C28H22ClF3N6O4S2. The van der Waals surface area contributed by atoms with E-state index in [1.165, 1.54) is 53.8 Å². The molecule has 44 heavy (non-hydrogen) atoms. The van der Waals surface area contributed by atoms with Crippen molar-refractivity contribution in [2.24, 2.45) is 4.99 Å². The average Bonchev–Trinajstić information content (AvgIpc) is 3.73. The fourth-order valence-corrected chi connectivity index (χ4v) is 7.53. The second kappa shape index (κ2) is 11.8. The lowest BCUT2D eigenvalue weighted by atomic mass is 9.92. The molecule has 2 aliphatic rings. The molecule has 0 amide bonds. The van der Waals surface area contributed by atoms with Gasteiger partial charge < -0.3 is 10.0 Å². The minimum atomic E-state index is -4.11. The first kappa shape index (κ1) is 30.0. The first-order valence-corrected chi connectivity index (χ1v) is 15.8. The van der Waals surface area contributed by atoms with Crippen molar-refractivity contribution in [1.82, 2.24) is 24.4 Å². The maximum absolute atomic E-state index is 14.0. The predicted octanol–water partition coefficient (Wildman–Crippen LogP) is 5.12. The highest BCUT2D eigenvalue weighted by molar-refractivity contribution is 7.89. The maximum atomic E-state index is 14.0. The topological polar surface area (TPSA) is 130 Å². The van der Waals surface area contributed by atoms with Crippen molar-refractivity contribution in [2.75, 3.05) is 6.54 Å². The third kappa shape index (κ3) is 5.87. The van der Waals surface area contributed by atoms with Crippen LogP contribution in [0.3, 0.4) is 0 Å². The monoisotopic (exact) mass is 662 g/mol. The smallest absolute Gasteiger partial charge is 0.333 e. The Balaban J connectivity index is 1.45. The highest BCUT2D eigenvalue weighted by atomic mass is 35.5. The molecule has 0 bridgehead atoms. The average molecular weight is 663 g/mol. The van der Waals surface area contributed by atoms with Crippen LogP contribution in [0.5, 0.6) is 0 Å². The molecule has 2 atom stereocenters. The molecule has 10 nitrogen and oxygen atoms in total. The molecule has 4 heterocycles. The number of aliphatic imine (C=N–C) groups is 1. The molecule has 2 N–H and O–H groups in total. The van der Waals surface area contributed by atoms with Gasteiger partial charge in [0, 0.05) is 58.6 Å². The number of sulfonamides is 1. The zero-order chi connectivity index (χ0) is 31.2. The number of hydrogen-bond donors (Lipinski definition) is 2. The minimum absolute atomic E-state index is 0.0635. The van der Waals surface area contributed by atoms with Crippen LogP contribution in [0.25, 0.3) is 5.57 Å². The van der Waals surface area contributed by atoms with E-state index in [0.717, 1.165) is 12.3 Å². The first-order chi connectivity index (χ1) is 21.0. The van der Waals surface area contributed by atoms with Gasteiger partial charge in [0.1, 0.15) is 11.9 Å². The number of carboxylic acids is 1. The third-order valence-corrected chi connectivity index (χ3v) is 9.73. The summed E-state index contributed by atoms with van der Waals surface area (Å²) < 4.78 is 71.3. The third-order valence-electron chi connectivity index (χ3n) is 7.11. The number of nitrogens with one attached hydrogen (secondary N) is 1. The summed E-state index contributed by atoms with van der Waals surface area (Å²) in [4.78, 5) is 22.2. The molecule has 2 aromatic heterocycles. The maximum Gasteiger partial charge on any atom is 0.333 e. The van der Waals surface area contributed by atoms with E-state index >= 15 is 0 Å². The molecule has 2 aromatic carbocycles. The summed E-state index contributed by atoms with van der Waals surface area (Å²) in [7, 11) is -4.11. The van der Waals surface area contributed by atoms with E-state index in [1.54, 1.807) is 16.5 Å². The lowest BCUT2D eigenvalue weighted by Crippen LogP contribution is -2.39. The second-order valence-electron chi connectivity index (χ2n) is 10.0. The summed E-state index contributed by atoms with van der Waals surface area (Å²) in [5.74, 6) is -1.26. The van der Waals surface area contributed by atoms with Gasteiger partial charge in [0.05, 0.1) is 17.0 Å². The highest BCUT2D eigenvalue weighted by Gasteiger charge is 2.42. The summed E-state index contributed by atoms with van der Waals surface area (Å²) in [5.41, 5.74) is 1.85. The number of nitrogens with zero attached hydrogens (tertiary/aromatic N) is 5. The van der Waals surface area contributed by atoms with Gasteiger partial charge in [-0.3, -0.25) is 9.79 Å². The van der Waals surface area contributed by atoms with Crippen molar-refractivity contribution in [1.29, 1.82) is 0 Å². The van der Waals surface area contributed by atoms with Gasteiger partial charge in [-0.05, 0) is 35.9 Å². The molecule has 6 rings (SSSR count). The lowest BCUT2D eigenvalue weighted by Gasteiger charge is -2.32. The van der Waals surface area contributed by atoms with E-state index < -0.39 is 40.4 Å². The molecule has 16 heteroatoms. The van der Waals surface area contributed by atoms with Crippen LogP contribution in [0.1, 0.15) is 40.8 Å². The number of thiazole rings is 1. The van der Waals surface area contributed by atoms with Crippen molar-refractivity contribution in [3.05, 3.63) is 105 Å². The Morgan fingerprint density at radius 2 is 2.02 bits per heavy atom. The van der Waals surface area contributed by atoms with E-state index in [1.807, 2.05) is 0 Å². The van der Waals surface area contributed by atoms with Crippen molar-refractivity contribution in [3.63, 3.8) is 0 Å². The summed E-state index contributed by atoms with van der Waals surface area (Å²) in [6.07, 6.45) is 2.49. The van der Waals surface area contributed by atoms with Crippen LogP contribution in [-0.2, 0) is 21.2 Å². The Morgan fingerprint density at radius 3 is 2.70 bits per heavy atom. The number of fused-ring (bicyclic) bond motifs is 1. The van der Waals surface area contributed by atoms with Crippen molar-refractivity contribution >= 4 is 50.3 Å². The lowest BCUT2D eigenvalue weighted by molar-refractivity contribution is -0.136. The molecule has 4 aromatic rings. The van der Waals surface area contributed by atoms with Crippen LogP contribution in [-0.4, -0.2) is 57.6 Å². The molecule has 228 valence electrons. The number of aliphatic carboxylic acids is 1. The summed E-state index contributed by atoms with van der Waals surface area (Å²) in [5, 5.41) is 15.5. The number of halogens is 4. The zero-order valence-corrected chi connectivity index (χ0v) is 24.8. The molecule has 0 aliphatic carbocycles. The molecule has 1 saturated heterocycles. The van der Waals surface area contributed by atoms with Gasteiger partial charge in [-0.2, -0.15) is 13.9 Å². The Labute approximate surface area is 258 Å². The number of benzene rings is 2. The summed E-state index contributed by atoms with van der Waals surface area (Å²) in [6, 6.07) is 9.27. The number of amidine groups is 1. The quantitative estimate of drug-likeness (QED) is 0.255. The van der Waals surface area contributed by atoms with E-state index in [-0.39, 0.29) is 35.0 Å². The number of carboxylic acid groups (broad SMARTS) is 1. The van der Waals surface area contributed by atoms with Gasteiger partial charge in [-0.25, -0.2) is 27.2 Å². The van der Waals surface area contributed by atoms with Gasteiger partial charge in [0.15, 0.2) is 10.8 Å². The molecule has 0 spiro atoms. The molecule has 2 aliphatic heterocycles. The van der Waals surface area contributed by atoms with Crippen LogP contribution < -0.4 is 4.72 Å². The molecule has 0 saturated carbocycles. The van der Waals surface area contributed by atoms with Crippen LogP contribution in [0.2, 0.25) is 5.02 Å². The molecule has 0 radical (unpaired) electrons. The molecular weight excluding hydrogens is 641 g/mol. The van der Waals surface area contributed by atoms with Crippen LogP contribution in [0, 0.1) is 5.82 Å². The van der Waals surface area contributed by atoms with Crippen molar-refractivity contribution < 1.29 is 31.5 Å². The Kier molecular flexibility index (Phi) is 8.04.